The van der Waals surface area contributed by atoms with Gasteiger partial charge in [-0.15, -0.1) is 0 Å². The number of hydrogen-bond acceptors (Lipinski definition) is 5. The Bertz CT molecular complexity index is 530. The van der Waals surface area contributed by atoms with Crippen molar-refractivity contribution in [1.29, 1.82) is 0 Å². The molecule has 20 heavy (non-hydrogen) atoms. The van der Waals surface area contributed by atoms with Gasteiger partial charge in [0.05, 0.1) is 6.61 Å². The van der Waals surface area contributed by atoms with Gasteiger partial charge in [0.15, 0.2) is 0 Å². The van der Waals surface area contributed by atoms with E-state index in [1.54, 1.807) is 12.1 Å². The second-order valence-corrected chi connectivity index (χ2v) is 6.79. The lowest BCUT2D eigenvalue weighted by Gasteiger charge is -2.22. The number of aromatic nitrogens is 1. The Morgan fingerprint density at radius 3 is 2.90 bits per heavy atom. The number of nitrogens with one attached hydrogen (secondary N) is 1. The molecule has 1 aliphatic heterocycles. The topological polar surface area (TPSA) is 82.5 Å². The SMILES string of the molecule is CCCNc1ccc(S(=O)(=O)N2CCCC2CO)cn1. The average molecular weight is 299 g/mol. The second-order valence-electron chi connectivity index (χ2n) is 4.90. The Morgan fingerprint density at radius 1 is 1.50 bits per heavy atom. The Labute approximate surface area is 119 Å². The van der Waals surface area contributed by atoms with E-state index in [0.29, 0.717) is 18.8 Å². The van der Waals surface area contributed by atoms with Gasteiger partial charge in [0.2, 0.25) is 10.0 Å². The van der Waals surface area contributed by atoms with Gasteiger partial charge in [0.1, 0.15) is 10.7 Å². The molecule has 1 saturated heterocycles. The first-order valence-electron chi connectivity index (χ1n) is 6.92. The number of pyridine rings is 1. The summed E-state index contributed by atoms with van der Waals surface area (Å²) in [6.07, 6.45) is 3.85. The number of anilines is 1. The van der Waals surface area contributed by atoms with Crippen molar-refractivity contribution in [3.05, 3.63) is 18.3 Å². The second kappa shape index (κ2) is 6.51. The van der Waals surface area contributed by atoms with Gasteiger partial charge in [0, 0.05) is 25.3 Å². The van der Waals surface area contributed by atoms with Gasteiger partial charge >= 0.3 is 0 Å². The van der Waals surface area contributed by atoms with Crippen molar-refractivity contribution >= 4 is 15.8 Å². The summed E-state index contributed by atoms with van der Waals surface area (Å²) < 4.78 is 26.3. The molecule has 1 unspecified atom stereocenters. The van der Waals surface area contributed by atoms with Crippen LogP contribution in [-0.4, -0.2) is 48.6 Å². The monoisotopic (exact) mass is 299 g/mol. The summed E-state index contributed by atoms with van der Waals surface area (Å²) in [5.41, 5.74) is 0. The molecule has 6 nitrogen and oxygen atoms in total. The van der Waals surface area contributed by atoms with Gasteiger partial charge in [0.25, 0.3) is 0 Å². The third-order valence-corrected chi connectivity index (χ3v) is 5.37. The highest BCUT2D eigenvalue weighted by molar-refractivity contribution is 7.89. The van der Waals surface area contributed by atoms with Crippen molar-refractivity contribution in [3.63, 3.8) is 0 Å². The first kappa shape index (κ1) is 15.2. The number of aliphatic hydroxyl groups excluding tert-OH is 1. The van der Waals surface area contributed by atoms with Crippen LogP contribution in [0.4, 0.5) is 5.82 Å². The summed E-state index contributed by atoms with van der Waals surface area (Å²) in [5.74, 6) is 0.672. The molecule has 2 rings (SSSR count). The van der Waals surface area contributed by atoms with E-state index in [-0.39, 0.29) is 17.5 Å². The van der Waals surface area contributed by atoms with Crippen LogP contribution in [0.5, 0.6) is 0 Å². The van der Waals surface area contributed by atoms with Crippen molar-refractivity contribution in [2.75, 3.05) is 25.0 Å². The molecule has 1 fully saturated rings. The Kier molecular flexibility index (Phi) is 4.95. The zero-order valence-electron chi connectivity index (χ0n) is 11.6. The van der Waals surface area contributed by atoms with Gasteiger partial charge in [-0.05, 0) is 31.4 Å². The lowest BCUT2D eigenvalue weighted by molar-refractivity contribution is 0.213. The van der Waals surface area contributed by atoms with E-state index in [9.17, 15) is 13.5 Å². The van der Waals surface area contributed by atoms with Crippen molar-refractivity contribution in [2.45, 2.75) is 37.1 Å². The predicted octanol–water partition coefficient (Wildman–Crippen LogP) is 1.05. The molecule has 1 aliphatic rings. The number of rotatable bonds is 6. The smallest absolute Gasteiger partial charge is 0.244 e. The first-order chi connectivity index (χ1) is 9.59. The molecule has 7 heteroatoms. The molecular weight excluding hydrogens is 278 g/mol. The molecule has 0 amide bonds. The van der Waals surface area contributed by atoms with Gasteiger partial charge in [-0.1, -0.05) is 6.92 Å². The maximum atomic E-state index is 12.5. The van der Waals surface area contributed by atoms with Gasteiger partial charge in [-0.2, -0.15) is 4.31 Å². The third kappa shape index (κ3) is 3.11. The minimum absolute atomic E-state index is 0.136. The van der Waals surface area contributed by atoms with Crippen LogP contribution in [0, 0.1) is 0 Å². The van der Waals surface area contributed by atoms with Crippen molar-refractivity contribution < 1.29 is 13.5 Å². The van der Waals surface area contributed by atoms with E-state index in [0.717, 1.165) is 19.4 Å². The molecule has 1 atom stereocenters. The average Bonchev–Trinajstić information content (AvgIpc) is 2.95. The van der Waals surface area contributed by atoms with Crippen molar-refractivity contribution in [3.8, 4) is 0 Å². The van der Waals surface area contributed by atoms with E-state index in [2.05, 4.69) is 10.3 Å². The van der Waals surface area contributed by atoms with Gasteiger partial charge in [-0.3, -0.25) is 0 Å². The minimum Gasteiger partial charge on any atom is -0.395 e. The van der Waals surface area contributed by atoms with Crippen LogP contribution in [0.2, 0.25) is 0 Å². The normalized spacial score (nSPS) is 20.2. The quantitative estimate of drug-likeness (QED) is 0.820. The molecule has 1 aromatic rings. The number of nitrogens with zero attached hydrogens (tertiary/aromatic N) is 2. The molecule has 2 heterocycles. The largest absolute Gasteiger partial charge is 0.395 e. The summed E-state index contributed by atoms with van der Waals surface area (Å²) >= 11 is 0. The molecule has 0 aliphatic carbocycles. The Balaban J connectivity index is 2.17. The molecule has 1 aromatic heterocycles. The van der Waals surface area contributed by atoms with Crippen LogP contribution in [0.3, 0.4) is 0 Å². The minimum atomic E-state index is -3.55. The maximum Gasteiger partial charge on any atom is 0.244 e. The molecule has 0 spiro atoms. The number of hydrogen-bond donors (Lipinski definition) is 2. The van der Waals surface area contributed by atoms with Crippen LogP contribution in [0.15, 0.2) is 23.2 Å². The van der Waals surface area contributed by atoms with E-state index in [1.165, 1.54) is 10.5 Å². The first-order valence-corrected chi connectivity index (χ1v) is 8.36. The van der Waals surface area contributed by atoms with Crippen molar-refractivity contribution in [2.24, 2.45) is 0 Å². The predicted molar refractivity (Wildman–Crippen MR) is 77.0 cm³/mol. The van der Waals surface area contributed by atoms with Crippen LogP contribution in [0.25, 0.3) is 0 Å². The molecule has 0 aromatic carbocycles. The molecule has 112 valence electrons. The standard InChI is InChI=1S/C13H21N3O3S/c1-2-7-14-13-6-5-12(9-15-13)20(18,19)16-8-3-4-11(16)10-17/h5-6,9,11,17H,2-4,7-8,10H2,1H3,(H,14,15). The summed E-state index contributed by atoms with van der Waals surface area (Å²) in [7, 11) is -3.55. The summed E-state index contributed by atoms with van der Waals surface area (Å²) in [6, 6.07) is 2.93. The van der Waals surface area contributed by atoms with Gasteiger partial charge < -0.3 is 10.4 Å². The molecular formula is C13H21N3O3S. The number of aliphatic hydroxyl groups is 1. The lowest BCUT2D eigenvalue weighted by Crippen LogP contribution is -2.37. The highest BCUT2D eigenvalue weighted by Gasteiger charge is 2.34. The molecule has 2 N–H and O–H groups in total. The van der Waals surface area contributed by atoms with E-state index >= 15 is 0 Å². The fraction of sp³-hybridized carbons (Fsp3) is 0.615. The molecule has 0 radical (unpaired) electrons. The van der Waals surface area contributed by atoms with Gasteiger partial charge in [-0.25, -0.2) is 13.4 Å². The fourth-order valence-corrected chi connectivity index (χ4v) is 3.96. The zero-order valence-corrected chi connectivity index (χ0v) is 12.4. The molecule has 0 saturated carbocycles. The van der Waals surface area contributed by atoms with E-state index in [4.69, 9.17) is 0 Å². The van der Waals surface area contributed by atoms with Crippen LogP contribution < -0.4 is 5.32 Å². The molecule has 0 bridgehead atoms. The number of sulfonamides is 1. The summed E-state index contributed by atoms with van der Waals surface area (Å²) in [6.45, 7) is 3.18. The van der Waals surface area contributed by atoms with Crippen LogP contribution in [0.1, 0.15) is 26.2 Å². The zero-order chi connectivity index (χ0) is 14.6. The van der Waals surface area contributed by atoms with Crippen molar-refractivity contribution in [1.82, 2.24) is 9.29 Å². The van der Waals surface area contributed by atoms with E-state index < -0.39 is 10.0 Å². The summed E-state index contributed by atoms with van der Waals surface area (Å²) in [5, 5.41) is 12.4. The maximum absolute atomic E-state index is 12.5. The summed E-state index contributed by atoms with van der Waals surface area (Å²) in [4.78, 5) is 4.31. The Hall–Kier alpha value is -1.18. The van der Waals surface area contributed by atoms with Crippen LogP contribution in [-0.2, 0) is 10.0 Å². The van der Waals surface area contributed by atoms with Crippen LogP contribution >= 0.6 is 0 Å². The third-order valence-electron chi connectivity index (χ3n) is 3.43. The van der Waals surface area contributed by atoms with E-state index in [1.807, 2.05) is 6.92 Å². The Morgan fingerprint density at radius 2 is 2.30 bits per heavy atom. The highest BCUT2D eigenvalue weighted by atomic mass is 32.2. The fourth-order valence-electron chi connectivity index (χ4n) is 2.33. The lowest BCUT2D eigenvalue weighted by atomic mass is 10.2. The highest BCUT2D eigenvalue weighted by Crippen LogP contribution is 2.25.